The van der Waals surface area contributed by atoms with Crippen molar-refractivity contribution >= 4 is 23.2 Å². The summed E-state index contributed by atoms with van der Waals surface area (Å²) < 4.78 is 0. The maximum absolute atomic E-state index is 5.86. The van der Waals surface area contributed by atoms with E-state index in [1.165, 1.54) is 0 Å². The Morgan fingerprint density at radius 2 is 1.97 bits per heavy atom. The zero-order chi connectivity index (χ0) is 19.8. The summed E-state index contributed by atoms with van der Waals surface area (Å²) in [6, 6.07) is 7.94. The van der Waals surface area contributed by atoms with E-state index in [-0.39, 0.29) is 0 Å². The zero-order valence-corrected chi connectivity index (χ0v) is 16.3. The van der Waals surface area contributed by atoms with E-state index in [2.05, 4.69) is 20.9 Å². The van der Waals surface area contributed by atoms with Crippen molar-refractivity contribution in [2.45, 2.75) is 25.9 Å². The predicted octanol–water partition coefficient (Wildman–Crippen LogP) is 2.21. The van der Waals surface area contributed by atoms with Crippen molar-refractivity contribution in [3.63, 3.8) is 0 Å². The van der Waals surface area contributed by atoms with Crippen LogP contribution < -0.4 is 15.5 Å². The minimum atomic E-state index is 0.418. The first-order chi connectivity index (χ1) is 14.3. The van der Waals surface area contributed by atoms with Crippen molar-refractivity contribution < 1.29 is 0 Å². The first kappa shape index (κ1) is 17.7. The number of pyridine rings is 2. The van der Waals surface area contributed by atoms with Crippen molar-refractivity contribution in [1.29, 1.82) is 0 Å². The van der Waals surface area contributed by atoms with Gasteiger partial charge < -0.3 is 15.5 Å². The van der Waals surface area contributed by atoms with Gasteiger partial charge in [-0.1, -0.05) is 6.07 Å². The third-order valence-corrected chi connectivity index (χ3v) is 5.38. The van der Waals surface area contributed by atoms with Gasteiger partial charge in [0.05, 0.1) is 29.8 Å². The largest absolute Gasteiger partial charge is 0.326 e. The van der Waals surface area contributed by atoms with Gasteiger partial charge in [-0.05, 0) is 31.0 Å². The summed E-state index contributed by atoms with van der Waals surface area (Å²) in [4.78, 5) is 27.5. The van der Waals surface area contributed by atoms with Crippen molar-refractivity contribution in [2.24, 2.45) is 10.7 Å². The van der Waals surface area contributed by atoms with Crippen LogP contribution >= 0.6 is 0 Å². The molecule has 2 N–H and O–H groups in total. The van der Waals surface area contributed by atoms with Crippen LogP contribution in [0.4, 0.5) is 17.3 Å². The fourth-order valence-electron chi connectivity index (χ4n) is 3.93. The Labute approximate surface area is 169 Å². The molecule has 0 saturated heterocycles. The van der Waals surface area contributed by atoms with Gasteiger partial charge in [-0.2, -0.15) is 0 Å². The number of aryl methyl sites for hydroxylation is 1. The van der Waals surface area contributed by atoms with Crippen LogP contribution in [0, 0.1) is 0 Å². The number of hydrogen-bond donors (Lipinski definition) is 1. The van der Waals surface area contributed by atoms with Crippen LogP contribution in [0.15, 0.2) is 47.8 Å². The molecule has 0 atom stereocenters. The first-order valence-corrected chi connectivity index (χ1v) is 9.76. The molecule has 29 heavy (non-hydrogen) atoms. The molecule has 5 heterocycles. The minimum Gasteiger partial charge on any atom is -0.326 e. The van der Waals surface area contributed by atoms with Crippen molar-refractivity contribution in [3.05, 3.63) is 65.5 Å². The molecule has 8 heteroatoms. The van der Waals surface area contributed by atoms with Crippen molar-refractivity contribution in [1.82, 2.24) is 19.9 Å². The Bertz CT molecular complexity index is 1090. The third kappa shape index (κ3) is 3.01. The average Bonchev–Trinajstić information content (AvgIpc) is 3.21. The summed E-state index contributed by atoms with van der Waals surface area (Å²) in [6.45, 7) is 1.85. The lowest BCUT2D eigenvalue weighted by Gasteiger charge is -2.30. The molecule has 0 aromatic carbocycles. The number of amidine groups is 1. The molecular formula is C21H22N8. The molecule has 2 aliphatic rings. The van der Waals surface area contributed by atoms with Gasteiger partial charge in [0.2, 0.25) is 0 Å². The number of nitrogens with two attached hydrogens (primary N) is 1. The Morgan fingerprint density at radius 1 is 1.10 bits per heavy atom. The lowest BCUT2D eigenvalue weighted by molar-refractivity contribution is 0.754. The lowest BCUT2D eigenvalue weighted by atomic mass is 10.1. The van der Waals surface area contributed by atoms with E-state index in [4.69, 9.17) is 20.7 Å². The lowest BCUT2D eigenvalue weighted by Crippen LogP contribution is -2.36. The number of aliphatic imine (C=N–C) groups is 1. The highest BCUT2D eigenvalue weighted by molar-refractivity contribution is 6.11. The van der Waals surface area contributed by atoms with Crippen LogP contribution in [0.5, 0.6) is 0 Å². The Kier molecular flexibility index (Phi) is 4.40. The fourth-order valence-corrected chi connectivity index (χ4v) is 3.93. The topological polar surface area (TPSA) is 96.4 Å². The van der Waals surface area contributed by atoms with Crippen LogP contribution in [0.3, 0.4) is 0 Å². The molecule has 0 bridgehead atoms. The summed E-state index contributed by atoms with van der Waals surface area (Å²) in [5.74, 6) is 2.41. The van der Waals surface area contributed by atoms with E-state index in [0.717, 1.165) is 65.2 Å². The molecule has 5 rings (SSSR count). The predicted molar refractivity (Wildman–Crippen MR) is 112 cm³/mol. The minimum absolute atomic E-state index is 0.418. The first-order valence-electron chi connectivity index (χ1n) is 9.76. The van der Waals surface area contributed by atoms with Crippen molar-refractivity contribution in [3.8, 4) is 0 Å². The molecule has 0 amide bonds. The quantitative estimate of drug-likeness (QED) is 0.737. The zero-order valence-electron chi connectivity index (χ0n) is 16.3. The third-order valence-electron chi connectivity index (χ3n) is 5.38. The molecule has 3 aromatic heterocycles. The highest BCUT2D eigenvalue weighted by Crippen LogP contribution is 2.30. The molecule has 146 valence electrons. The standard InChI is InChI=1S/C21H22N8/c1-28(20-14(11-22)5-2-9-24-20)18-13-25-19-16(27-18)12-26-21(19)29-10-4-6-15-17(29)7-3-8-23-15/h2-3,5,7-9,13H,4,6,10-12,22H2,1H3. The molecule has 0 unspecified atom stereocenters. The van der Waals surface area contributed by atoms with Gasteiger partial charge in [0.1, 0.15) is 11.5 Å². The monoisotopic (exact) mass is 386 g/mol. The van der Waals surface area contributed by atoms with E-state index >= 15 is 0 Å². The molecule has 8 nitrogen and oxygen atoms in total. The van der Waals surface area contributed by atoms with Gasteiger partial charge in [-0.3, -0.25) is 9.98 Å². The number of rotatable bonds is 3. The average molecular weight is 386 g/mol. The van der Waals surface area contributed by atoms with Gasteiger partial charge in [0, 0.05) is 38.1 Å². The van der Waals surface area contributed by atoms with Gasteiger partial charge in [0.25, 0.3) is 0 Å². The second-order valence-corrected chi connectivity index (χ2v) is 7.14. The van der Waals surface area contributed by atoms with Crippen LogP contribution in [0.1, 0.15) is 29.1 Å². The summed E-state index contributed by atoms with van der Waals surface area (Å²) in [5.41, 5.74) is 10.8. The second-order valence-electron chi connectivity index (χ2n) is 7.14. The van der Waals surface area contributed by atoms with Crippen LogP contribution in [-0.2, 0) is 19.5 Å². The maximum Gasteiger partial charge on any atom is 0.156 e. The van der Waals surface area contributed by atoms with E-state index in [1.807, 2.05) is 36.3 Å². The fraction of sp³-hybridized carbons (Fsp3) is 0.286. The number of anilines is 3. The molecule has 3 aromatic rings. The van der Waals surface area contributed by atoms with Gasteiger partial charge in [0.15, 0.2) is 11.7 Å². The number of aromatic nitrogens is 4. The van der Waals surface area contributed by atoms with Crippen LogP contribution in [-0.4, -0.2) is 39.4 Å². The van der Waals surface area contributed by atoms with Gasteiger partial charge in [-0.15, -0.1) is 0 Å². The highest BCUT2D eigenvalue weighted by Gasteiger charge is 2.29. The second kappa shape index (κ2) is 7.21. The Balaban J connectivity index is 1.47. The molecule has 0 fully saturated rings. The van der Waals surface area contributed by atoms with Crippen LogP contribution in [0.25, 0.3) is 0 Å². The van der Waals surface area contributed by atoms with Crippen molar-refractivity contribution in [2.75, 3.05) is 23.4 Å². The Hall–Kier alpha value is -3.39. The van der Waals surface area contributed by atoms with E-state index in [0.29, 0.717) is 13.1 Å². The summed E-state index contributed by atoms with van der Waals surface area (Å²) in [7, 11) is 1.93. The van der Waals surface area contributed by atoms with E-state index in [9.17, 15) is 0 Å². The molecule has 0 saturated carbocycles. The summed E-state index contributed by atoms with van der Waals surface area (Å²) in [5, 5.41) is 0. The maximum atomic E-state index is 5.86. The molecule has 2 aliphatic heterocycles. The number of nitrogens with zero attached hydrogens (tertiary/aromatic N) is 7. The number of hydrogen-bond acceptors (Lipinski definition) is 8. The van der Waals surface area contributed by atoms with E-state index < -0.39 is 0 Å². The summed E-state index contributed by atoms with van der Waals surface area (Å²) >= 11 is 0. The van der Waals surface area contributed by atoms with Gasteiger partial charge in [-0.25, -0.2) is 15.0 Å². The molecule has 0 spiro atoms. The Morgan fingerprint density at radius 3 is 2.86 bits per heavy atom. The van der Waals surface area contributed by atoms with Crippen LogP contribution in [0.2, 0.25) is 0 Å². The highest BCUT2D eigenvalue weighted by atomic mass is 15.3. The molecule has 0 aliphatic carbocycles. The molecule has 0 radical (unpaired) electrons. The SMILES string of the molecule is CN(c1cnc2c(n1)CN=C2N1CCCc2ncccc21)c1ncccc1CN. The number of fused-ring (bicyclic) bond motifs is 2. The smallest absolute Gasteiger partial charge is 0.156 e. The molecular weight excluding hydrogens is 364 g/mol. The normalized spacial score (nSPS) is 15.0. The summed E-state index contributed by atoms with van der Waals surface area (Å²) in [6.07, 6.45) is 7.43. The van der Waals surface area contributed by atoms with Gasteiger partial charge >= 0.3 is 0 Å². The van der Waals surface area contributed by atoms with E-state index in [1.54, 1.807) is 12.4 Å².